The maximum atomic E-state index is 5.66. The van der Waals surface area contributed by atoms with Crippen LogP contribution in [0.4, 0.5) is 0 Å². The molecule has 2 aliphatic rings. The summed E-state index contributed by atoms with van der Waals surface area (Å²) in [6.07, 6.45) is 6.43. The highest BCUT2D eigenvalue weighted by Crippen LogP contribution is 2.28. The van der Waals surface area contributed by atoms with E-state index in [1.165, 1.54) is 37.7 Å². The van der Waals surface area contributed by atoms with Gasteiger partial charge in [-0.05, 0) is 49.1 Å². The summed E-state index contributed by atoms with van der Waals surface area (Å²) in [5, 5.41) is 3.63. The molecule has 0 amide bonds. The maximum Gasteiger partial charge on any atom is 0.0591 e. The summed E-state index contributed by atoms with van der Waals surface area (Å²) >= 11 is 0. The van der Waals surface area contributed by atoms with Crippen LogP contribution in [0.15, 0.2) is 24.3 Å². The van der Waals surface area contributed by atoms with Crippen LogP contribution in [0.2, 0.25) is 0 Å². The summed E-state index contributed by atoms with van der Waals surface area (Å²) in [7, 11) is 0. The fraction of sp³-hybridized carbons (Fsp3) is 0.625. The van der Waals surface area contributed by atoms with E-state index in [2.05, 4.69) is 29.6 Å². The van der Waals surface area contributed by atoms with Crippen LogP contribution in [0, 0.1) is 5.92 Å². The molecule has 1 unspecified atom stereocenters. The van der Waals surface area contributed by atoms with Gasteiger partial charge in [0.05, 0.1) is 6.61 Å². The molecule has 1 saturated carbocycles. The van der Waals surface area contributed by atoms with Gasteiger partial charge in [-0.25, -0.2) is 0 Å². The second-order valence-corrected chi connectivity index (χ2v) is 5.68. The molecule has 1 aromatic carbocycles. The Hall–Kier alpha value is -0.860. The third kappa shape index (κ3) is 3.33. The van der Waals surface area contributed by atoms with Crippen LogP contribution in [0.1, 0.15) is 30.4 Å². The van der Waals surface area contributed by atoms with Crippen LogP contribution in [-0.2, 0) is 17.6 Å². The zero-order chi connectivity index (χ0) is 12.2. The number of ether oxygens (including phenoxy) is 1. The third-order valence-electron chi connectivity index (χ3n) is 4.08. The summed E-state index contributed by atoms with van der Waals surface area (Å²) in [6, 6.07) is 9.49. The zero-order valence-electron chi connectivity index (χ0n) is 11.0. The lowest BCUT2D eigenvalue weighted by Gasteiger charge is -2.25. The molecule has 2 nitrogen and oxygen atoms in total. The molecule has 0 spiro atoms. The Balaban J connectivity index is 1.36. The van der Waals surface area contributed by atoms with Crippen LogP contribution in [-0.4, -0.2) is 25.8 Å². The summed E-state index contributed by atoms with van der Waals surface area (Å²) in [4.78, 5) is 0. The van der Waals surface area contributed by atoms with Crippen LogP contribution in [0.3, 0.4) is 0 Å². The molecular weight excluding hydrogens is 222 g/mol. The highest BCUT2D eigenvalue weighted by atomic mass is 16.5. The number of aryl methyl sites for hydroxylation is 1. The number of fused-ring (bicyclic) bond motifs is 1. The van der Waals surface area contributed by atoms with E-state index in [1.54, 1.807) is 5.56 Å². The first-order chi connectivity index (χ1) is 8.92. The maximum absolute atomic E-state index is 5.66. The van der Waals surface area contributed by atoms with Crippen molar-refractivity contribution < 1.29 is 4.74 Å². The van der Waals surface area contributed by atoms with Crippen molar-refractivity contribution in [1.82, 2.24) is 5.32 Å². The van der Waals surface area contributed by atoms with Gasteiger partial charge in [-0.1, -0.05) is 24.3 Å². The fourth-order valence-electron chi connectivity index (χ4n) is 2.74. The third-order valence-corrected chi connectivity index (χ3v) is 4.08. The molecule has 0 aromatic heterocycles. The Morgan fingerprint density at radius 3 is 2.78 bits per heavy atom. The average Bonchev–Trinajstić information content (AvgIpc) is 3.22. The van der Waals surface area contributed by atoms with Gasteiger partial charge in [0.25, 0.3) is 0 Å². The highest BCUT2D eigenvalue weighted by molar-refractivity contribution is 5.30. The first-order valence-corrected chi connectivity index (χ1v) is 7.30. The fourth-order valence-corrected chi connectivity index (χ4v) is 2.74. The first-order valence-electron chi connectivity index (χ1n) is 7.30. The van der Waals surface area contributed by atoms with Gasteiger partial charge < -0.3 is 10.1 Å². The summed E-state index contributed by atoms with van der Waals surface area (Å²) in [5.74, 6) is 0.881. The minimum atomic E-state index is 0.643. The average molecular weight is 245 g/mol. The normalized spacial score (nSPS) is 22.8. The second-order valence-electron chi connectivity index (χ2n) is 5.68. The molecule has 2 heteroatoms. The molecule has 1 atom stereocenters. The van der Waals surface area contributed by atoms with Crippen molar-refractivity contribution in [2.45, 2.75) is 38.1 Å². The van der Waals surface area contributed by atoms with Crippen LogP contribution < -0.4 is 5.32 Å². The van der Waals surface area contributed by atoms with E-state index in [0.717, 1.165) is 25.7 Å². The number of nitrogens with one attached hydrogen (secondary N) is 1. The minimum Gasteiger partial charge on any atom is -0.380 e. The Kier molecular flexibility index (Phi) is 3.96. The molecule has 3 rings (SSSR count). The summed E-state index contributed by atoms with van der Waals surface area (Å²) < 4.78 is 5.66. The number of hydrogen-bond donors (Lipinski definition) is 1. The first kappa shape index (κ1) is 12.2. The van der Waals surface area contributed by atoms with Gasteiger partial charge in [-0.15, -0.1) is 0 Å². The van der Waals surface area contributed by atoms with E-state index < -0.39 is 0 Å². The molecule has 98 valence electrons. The highest BCUT2D eigenvalue weighted by Gasteiger charge is 2.21. The Bertz CT molecular complexity index is 386. The van der Waals surface area contributed by atoms with Crippen molar-refractivity contribution in [3.05, 3.63) is 35.4 Å². The van der Waals surface area contributed by atoms with Crippen molar-refractivity contribution in [1.29, 1.82) is 0 Å². The lowest BCUT2D eigenvalue weighted by Crippen LogP contribution is -2.36. The molecule has 2 aliphatic carbocycles. The van der Waals surface area contributed by atoms with E-state index in [0.29, 0.717) is 6.04 Å². The molecule has 1 aromatic rings. The van der Waals surface area contributed by atoms with E-state index in [-0.39, 0.29) is 0 Å². The SMILES string of the molecule is c1ccc2c(c1)CCC(NCCOCC1CC1)C2. The monoisotopic (exact) mass is 245 g/mol. The smallest absolute Gasteiger partial charge is 0.0591 e. The van der Waals surface area contributed by atoms with E-state index in [4.69, 9.17) is 4.74 Å². The molecule has 0 aliphatic heterocycles. The van der Waals surface area contributed by atoms with Gasteiger partial charge in [0.1, 0.15) is 0 Å². The van der Waals surface area contributed by atoms with Gasteiger partial charge in [0.15, 0.2) is 0 Å². The molecule has 18 heavy (non-hydrogen) atoms. The lowest BCUT2D eigenvalue weighted by molar-refractivity contribution is 0.123. The predicted octanol–water partition coefficient (Wildman–Crippen LogP) is 2.56. The van der Waals surface area contributed by atoms with Gasteiger partial charge in [-0.3, -0.25) is 0 Å². The van der Waals surface area contributed by atoms with Gasteiger partial charge in [0, 0.05) is 19.2 Å². The molecule has 0 radical (unpaired) electrons. The number of benzene rings is 1. The predicted molar refractivity (Wildman–Crippen MR) is 73.8 cm³/mol. The van der Waals surface area contributed by atoms with Crippen molar-refractivity contribution in [3.8, 4) is 0 Å². The zero-order valence-corrected chi connectivity index (χ0v) is 11.0. The molecular formula is C16H23NO. The Morgan fingerprint density at radius 1 is 1.11 bits per heavy atom. The van der Waals surface area contributed by atoms with E-state index in [1.807, 2.05) is 0 Å². The summed E-state index contributed by atoms with van der Waals surface area (Å²) in [5.41, 5.74) is 3.07. The Morgan fingerprint density at radius 2 is 1.94 bits per heavy atom. The molecule has 0 bridgehead atoms. The van der Waals surface area contributed by atoms with E-state index >= 15 is 0 Å². The molecule has 0 saturated heterocycles. The largest absolute Gasteiger partial charge is 0.380 e. The van der Waals surface area contributed by atoms with Crippen LogP contribution in [0.5, 0.6) is 0 Å². The molecule has 1 fully saturated rings. The van der Waals surface area contributed by atoms with Gasteiger partial charge >= 0.3 is 0 Å². The second kappa shape index (κ2) is 5.85. The van der Waals surface area contributed by atoms with Gasteiger partial charge in [0.2, 0.25) is 0 Å². The minimum absolute atomic E-state index is 0.643. The Labute approximate surface area is 110 Å². The van der Waals surface area contributed by atoms with Crippen molar-refractivity contribution in [2.75, 3.05) is 19.8 Å². The quantitative estimate of drug-likeness (QED) is 0.778. The number of hydrogen-bond acceptors (Lipinski definition) is 2. The molecule has 0 heterocycles. The molecule has 1 N–H and O–H groups in total. The van der Waals surface area contributed by atoms with Crippen molar-refractivity contribution in [2.24, 2.45) is 5.92 Å². The van der Waals surface area contributed by atoms with E-state index in [9.17, 15) is 0 Å². The number of rotatable bonds is 6. The van der Waals surface area contributed by atoms with Crippen LogP contribution in [0.25, 0.3) is 0 Å². The van der Waals surface area contributed by atoms with Crippen LogP contribution >= 0.6 is 0 Å². The standard InChI is InChI=1S/C16H23NO/c1-2-4-15-11-16(8-7-14(15)3-1)17-9-10-18-12-13-5-6-13/h1-4,13,16-17H,5-12H2. The topological polar surface area (TPSA) is 21.3 Å². The van der Waals surface area contributed by atoms with Gasteiger partial charge in [-0.2, -0.15) is 0 Å². The lowest BCUT2D eigenvalue weighted by atomic mass is 9.88. The van der Waals surface area contributed by atoms with Crippen molar-refractivity contribution in [3.63, 3.8) is 0 Å². The van der Waals surface area contributed by atoms with Crippen molar-refractivity contribution >= 4 is 0 Å². The summed E-state index contributed by atoms with van der Waals surface area (Å²) in [6.45, 7) is 2.85.